The van der Waals surface area contributed by atoms with Crippen LogP contribution in [0.3, 0.4) is 0 Å². The third-order valence-corrected chi connectivity index (χ3v) is 4.26. The molecular formula is C14H23ClN4O. The molecule has 0 spiro atoms. The normalized spacial score (nSPS) is 19.8. The lowest BCUT2D eigenvalue weighted by Crippen LogP contribution is -2.50. The number of pyridine rings is 1. The number of ether oxygens (including phenoxy) is 1. The molecule has 1 aromatic rings. The molecule has 5 N–H and O–H groups in total. The monoisotopic (exact) mass is 298 g/mol. The summed E-state index contributed by atoms with van der Waals surface area (Å²) in [5.74, 6) is 6.26. The molecule has 0 saturated heterocycles. The van der Waals surface area contributed by atoms with Gasteiger partial charge in [-0.05, 0) is 25.8 Å². The maximum absolute atomic E-state index is 6.10. The summed E-state index contributed by atoms with van der Waals surface area (Å²) in [6.07, 6.45) is 6.96. The van der Waals surface area contributed by atoms with Gasteiger partial charge in [-0.3, -0.25) is 5.84 Å². The molecular weight excluding hydrogens is 276 g/mol. The van der Waals surface area contributed by atoms with E-state index in [-0.39, 0.29) is 11.6 Å². The van der Waals surface area contributed by atoms with E-state index in [0.29, 0.717) is 17.4 Å². The largest absolute Gasteiger partial charge is 0.383 e. The molecule has 20 heavy (non-hydrogen) atoms. The molecule has 1 unspecified atom stereocenters. The zero-order chi connectivity index (χ0) is 14.6. The van der Waals surface area contributed by atoms with Crippen LogP contribution in [0.15, 0.2) is 12.3 Å². The molecule has 1 aromatic heterocycles. The van der Waals surface area contributed by atoms with E-state index in [1.807, 2.05) is 13.0 Å². The lowest BCUT2D eigenvalue weighted by Gasteiger charge is -2.43. The molecule has 1 saturated carbocycles. The number of nitrogens with zero attached hydrogens (tertiary/aromatic N) is 1. The Morgan fingerprint density at radius 1 is 1.45 bits per heavy atom. The summed E-state index contributed by atoms with van der Waals surface area (Å²) < 4.78 is 6.10. The molecule has 0 radical (unpaired) electrons. The predicted molar refractivity (Wildman–Crippen MR) is 81.2 cm³/mol. The highest BCUT2D eigenvalue weighted by Gasteiger charge is 2.42. The van der Waals surface area contributed by atoms with Gasteiger partial charge in [0, 0.05) is 18.4 Å². The van der Waals surface area contributed by atoms with Crippen LogP contribution >= 0.6 is 11.6 Å². The van der Waals surface area contributed by atoms with Crippen molar-refractivity contribution in [3.8, 4) is 0 Å². The highest BCUT2D eigenvalue weighted by Crippen LogP contribution is 2.42. The molecule has 112 valence electrons. The van der Waals surface area contributed by atoms with Crippen LogP contribution in [0.1, 0.15) is 50.6 Å². The van der Waals surface area contributed by atoms with E-state index in [1.165, 1.54) is 6.42 Å². The van der Waals surface area contributed by atoms with Crippen LogP contribution < -0.4 is 17.0 Å². The summed E-state index contributed by atoms with van der Waals surface area (Å²) in [4.78, 5) is 4.13. The standard InChI is InChI=1S/C14H23ClN4O/c1-2-20-14(6-4-3-5-7-14)12(19-17)11-8-10(15)9-18-13(11)16/h8-9,12,19H,2-7,17H2,1H3,(H2,16,18). The van der Waals surface area contributed by atoms with Crippen molar-refractivity contribution >= 4 is 17.4 Å². The Bertz CT molecular complexity index is 443. The zero-order valence-electron chi connectivity index (χ0n) is 11.9. The zero-order valence-corrected chi connectivity index (χ0v) is 12.6. The van der Waals surface area contributed by atoms with Crippen molar-refractivity contribution in [2.45, 2.75) is 50.7 Å². The second kappa shape index (κ2) is 6.72. The van der Waals surface area contributed by atoms with Gasteiger partial charge in [-0.25, -0.2) is 10.4 Å². The van der Waals surface area contributed by atoms with Crippen molar-refractivity contribution in [1.82, 2.24) is 10.4 Å². The van der Waals surface area contributed by atoms with E-state index >= 15 is 0 Å². The molecule has 1 aliphatic carbocycles. The average molecular weight is 299 g/mol. The summed E-state index contributed by atoms with van der Waals surface area (Å²) in [5.41, 5.74) is 9.37. The van der Waals surface area contributed by atoms with Crippen molar-refractivity contribution in [2.24, 2.45) is 5.84 Å². The van der Waals surface area contributed by atoms with Crippen molar-refractivity contribution in [3.05, 3.63) is 22.8 Å². The molecule has 2 rings (SSSR count). The number of hydrogen-bond acceptors (Lipinski definition) is 5. The van der Waals surface area contributed by atoms with Crippen molar-refractivity contribution < 1.29 is 4.74 Å². The SMILES string of the molecule is CCOC1(C(NN)c2cc(Cl)cnc2N)CCCCC1. The van der Waals surface area contributed by atoms with Crippen LogP contribution in [-0.4, -0.2) is 17.2 Å². The number of nitrogens with one attached hydrogen (secondary N) is 1. The first kappa shape index (κ1) is 15.5. The lowest BCUT2D eigenvalue weighted by atomic mass is 9.77. The molecule has 1 aliphatic rings. The van der Waals surface area contributed by atoms with Crippen LogP contribution in [0.2, 0.25) is 5.02 Å². The third-order valence-electron chi connectivity index (χ3n) is 4.05. The second-order valence-electron chi connectivity index (χ2n) is 5.29. The summed E-state index contributed by atoms with van der Waals surface area (Å²) in [6, 6.07) is 1.62. The lowest BCUT2D eigenvalue weighted by molar-refractivity contribution is -0.0912. The van der Waals surface area contributed by atoms with Gasteiger partial charge in [0.05, 0.1) is 16.7 Å². The van der Waals surface area contributed by atoms with Crippen LogP contribution in [0, 0.1) is 0 Å². The molecule has 1 atom stereocenters. The summed E-state index contributed by atoms with van der Waals surface area (Å²) in [5, 5.41) is 0.553. The van der Waals surface area contributed by atoms with Crippen LogP contribution in [0.25, 0.3) is 0 Å². The van der Waals surface area contributed by atoms with E-state index in [2.05, 4.69) is 10.4 Å². The van der Waals surface area contributed by atoms with Gasteiger partial charge in [0.15, 0.2) is 0 Å². The number of hydrazine groups is 1. The fraction of sp³-hybridized carbons (Fsp3) is 0.643. The van der Waals surface area contributed by atoms with Crippen LogP contribution in [0.4, 0.5) is 5.82 Å². The fourth-order valence-corrected chi connectivity index (χ4v) is 3.34. The smallest absolute Gasteiger partial charge is 0.128 e. The van der Waals surface area contributed by atoms with Gasteiger partial charge in [0.1, 0.15) is 5.82 Å². The van der Waals surface area contributed by atoms with E-state index in [4.69, 9.17) is 27.9 Å². The molecule has 0 aromatic carbocycles. The number of aromatic nitrogens is 1. The number of rotatable bonds is 5. The Labute approximate surface area is 125 Å². The Morgan fingerprint density at radius 3 is 2.75 bits per heavy atom. The number of anilines is 1. The highest BCUT2D eigenvalue weighted by molar-refractivity contribution is 6.30. The molecule has 1 fully saturated rings. The minimum atomic E-state index is -0.331. The van der Waals surface area contributed by atoms with E-state index in [9.17, 15) is 0 Å². The molecule has 0 amide bonds. The Hall–Kier alpha value is -0.880. The van der Waals surface area contributed by atoms with Gasteiger partial charge in [-0.2, -0.15) is 0 Å². The predicted octanol–water partition coefficient (Wildman–Crippen LogP) is 2.56. The first-order chi connectivity index (χ1) is 9.63. The summed E-state index contributed by atoms with van der Waals surface area (Å²) >= 11 is 6.05. The summed E-state index contributed by atoms with van der Waals surface area (Å²) in [6.45, 7) is 2.65. The maximum atomic E-state index is 6.10. The van der Waals surface area contributed by atoms with E-state index < -0.39 is 0 Å². The second-order valence-corrected chi connectivity index (χ2v) is 5.72. The average Bonchev–Trinajstić information content (AvgIpc) is 2.45. The van der Waals surface area contributed by atoms with E-state index in [0.717, 1.165) is 31.2 Å². The number of hydrogen-bond donors (Lipinski definition) is 3. The Morgan fingerprint density at radius 2 is 2.15 bits per heavy atom. The summed E-state index contributed by atoms with van der Waals surface area (Å²) in [7, 11) is 0. The first-order valence-electron chi connectivity index (χ1n) is 7.14. The number of nitrogens with two attached hydrogens (primary N) is 2. The van der Waals surface area contributed by atoms with Gasteiger partial charge in [-0.15, -0.1) is 0 Å². The van der Waals surface area contributed by atoms with Crippen LogP contribution in [-0.2, 0) is 4.74 Å². The molecule has 0 bridgehead atoms. The Kier molecular flexibility index (Phi) is 5.21. The minimum absolute atomic E-state index is 0.200. The third kappa shape index (κ3) is 3.06. The first-order valence-corrected chi connectivity index (χ1v) is 7.52. The topological polar surface area (TPSA) is 86.2 Å². The molecule has 0 aliphatic heterocycles. The van der Waals surface area contributed by atoms with Gasteiger partial charge in [0.2, 0.25) is 0 Å². The van der Waals surface area contributed by atoms with E-state index in [1.54, 1.807) is 6.20 Å². The van der Waals surface area contributed by atoms with Gasteiger partial charge >= 0.3 is 0 Å². The van der Waals surface area contributed by atoms with Gasteiger partial charge in [-0.1, -0.05) is 30.9 Å². The van der Waals surface area contributed by atoms with Crippen molar-refractivity contribution in [1.29, 1.82) is 0 Å². The Balaban J connectivity index is 2.39. The highest BCUT2D eigenvalue weighted by atomic mass is 35.5. The van der Waals surface area contributed by atoms with Gasteiger partial charge in [0.25, 0.3) is 0 Å². The van der Waals surface area contributed by atoms with Crippen LogP contribution in [0.5, 0.6) is 0 Å². The number of halogens is 1. The maximum Gasteiger partial charge on any atom is 0.128 e. The van der Waals surface area contributed by atoms with Crippen molar-refractivity contribution in [3.63, 3.8) is 0 Å². The minimum Gasteiger partial charge on any atom is -0.383 e. The number of nitrogen functional groups attached to an aromatic ring is 1. The molecule has 1 heterocycles. The van der Waals surface area contributed by atoms with Gasteiger partial charge < -0.3 is 10.5 Å². The molecule has 6 heteroatoms. The molecule has 5 nitrogen and oxygen atoms in total. The fourth-order valence-electron chi connectivity index (χ4n) is 3.18. The van der Waals surface area contributed by atoms with Crippen molar-refractivity contribution in [2.75, 3.05) is 12.3 Å². The quantitative estimate of drug-likeness (QED) is 0.574.